The summed E-state index contributed by atoms with van der Waals surface area (Å²) in [5.74, 6) is 1.66. The number of hydrogen-bond acceptors (Lipinski definition) is 3. The standard InChI is InChI=1S/C34H54O3/c1-3-5-7-8-9-10-15-25-37-30-22-20-29(21-23-30)33(28-17-13-11-14-18-28)34(36)31-24-19-27(26-32(31)35)16-12-6-4-2/h20-23,27-28,31,33H,3-19,24-26H2,1-2H3. The number of carbonyl (C=O) groups is 2. The fourth-order valence-electron chi connectivity index (χ4n) is 6.70. The summed E-state index contributed by atoms with van der Waals surface area (Å²) in [4.78, 5) is 27.1. The molecule has 0 radical (unpaired) electrons. The first-order valence-electron chi connectivity index (χ1n) is 15.9. The van der Waals surface area contributed by atoms with E-state index in [1.807, 2.05) is 12.1 Å². The molecule has 2 fully saturated rings. The van der Waals surface area contributed by atoms with E-state index in [1.54, 1.807) is 0 Å². The number of unbranched alkanes of at least 4 members (excludes halogenated alkanes) is 8. The molecule has 3 unspecified atom stereocenters. The van der Waals surface area contributed by atoms with Crippen LogP contribution in [0.1, 0.15) is 147 Å². The van der Waals surface area contributed by atoms with E-state index in [4.69, 9.17) is 4.74 Å². The molecule has 0 spiro atoms. The maximum atomic E-state index is 13.9. The molecule has 0 N–H and O–H groups in total. The van der Waals surface area contributed by atoms with E-state index in [1.165, 1.54) is 77.0 Å². The zero-order valence-electron chi connectivity index (χ0n) is 24.0. The number of benzene rings is 1. The van der Waals surface area contributed by atoms with Gasteiger partial charge < -0.3 is 4.74 Å². The van der Waals surface area contributed by atoms with Gasteiger partial charge in [0.2, 0.25) is 0 Å². The quantitative estimate of drug-likeness (QED) is 0.155. The second kappa shape index (κ2) is 17.0. The molecule has 0 aromatic heterocycles. The number of rotatable bonds is 17. The Morgan fingerprint density at radius 3 is 2.14 bits per heavy atom. The van der Waals surface area contributed by atoms with Gasteiger partial charge in [-0.15, -0.1) is 0 Å². The minimum Gasteiger partial charge on any atom is -0.494 e. The minimum atomic E-state index is -0.386. The van der Waals surface area contributed by atoms with E-state index < -0.39 is 0 Å². The summed E-state index contributed by atoms with van der Waals surface area (Å²) in [5, 5.41) is 0. The lowest BCUT2D eigenvalue weighted by Gasteiger charge is -2.34. The van der Waals surface area contributed by atoms with Crippen LogP contribution in [-0.4, -0.2) is 18.2 Å². The highest BCUT2D eigenvalue weighted by molar-refractivity contribution is 6.05. The van der Waals surface area contributed by atoms with Gasteiger partial charge in [0.15, 0.2) is 5.78 Å². The average molecular weight is 511 g/mol. The summed E-state index contributed by atoms with van der Waals surface area (Å²) < 4.78 is 6.02. The molecule has 3 atom stereocenters. The van der Waals surface area contributed by atoms with Crippen molar-refractivity contribution in [3.63, 3.8) is 0 Å². The van der Waals surface area contributed by atoms with Crippen molar-refractivity contribution in [2.45, 2.75) is 142 Å². The third-order valence-electron chi connectivity index (χ3n) is 8.99. The molecule has 2 aliphatic carbocycles. The molecule has 3 rings (SSSR count). The molecule has 3 heteroatoms. The Labute approximate surface area is 227 Å². The lowest BCUT2D eigenvalue weighted by molar-refractivity contribution is -0.137. The Balaban J connectivity index is 1.56. The molecule has 0 bridgehead atoms. The molecule has 2 aliphatic rings. The van der Waals surface area contributed by atoms with Crippen LogP contribution in [0.2, 0.25) is 0 Å². The van der Waals surface area contributed by atoms with Crippen molar-refractivity contribution in [2.75, 3.05) is 6.61 Å². The van der Waals surface area contributed by atoms with Crippen LogP contribution >= 0.6 is 0 Å². The highest BCUT2D eigenvalue weighted by Gasteiger charge is 2.40. The van der Waals surface area contributed by atoms with Gasteiger partial charge in [-0.05, 0) is 61.6 Å². The predicted molar refractivity (Wildman–Crippen MR) is 154 cm³/mol. The van der Waals surface area contributed by atoms with Gasteiger partial charge >= 0.3 is 0 Å². The van der Waals surface area contributed by atoms with Crippen molar-refractivity contribution in [2.24, 2.45) is 17.8 Å². The van der Waals surface area contributed by atoms with Crippen molar-refractivity contribution in [3.8, 4) is 5.75 Å². The van der Waals surface area contributed by atoms with Crippen molar-refractivity contribution in [3.05, 3.63) is 29.8 Å². The maximum Gasteiger partial charge on any atom is 0.151 e. The van der Waals surface area contributed by atoms with Crippen molar-refractivity contribution < 1.29 is 14.3 Å². The molecule has 208 valence electrons. The van der Waals surface area contributed by atoms with Crippen LogP contribution in [-0.2, 0) is 9.59 Å². The van der Waals surface area contributed by atoms with E-state index in [0.29, 0.717) is 18.3 Å². The first kappa shape index (κ1) is 29.9. The smallest absolute Gasteiger partial charge is 0.151 e. The zero-order valence-corrected chi connectivity index (χ0v) is 24.0. The Morgan fingerprint density at radius 2 is 1.46 bits per heavy atom. The summed E-state index contributed by atoms with van der Waals surface area (Å²) >= 11 is 0. The highest BCUT2D eigenvalue weighted by Crippen LogP contribution is 2.41. The van der Waals surface area contributed by atoms with Crippen LogP contribution in [0.25, 0.3) is 0 Å². The van der Waals surface area contributed by atoms with Gasteiger partial charge in [-0.25, -0.2) is 0 Å². The van der Waals surface area contributed by atoms with Crippen molar-refractivity contribution >= 4 is 11.6 Å². The number of carbonyl (C=O) groups excluding carboxylic acids is 2. The first-order valence-corrected chi connectivity index (χ1v) is 15.9. The zero-order chi connectivity index (χ0) is 26.3. The molecular weight excluding hydrogens is 456 g/mol. The van der Waals surface area contributed by atoms with Gasteiger partial charge in [-0.2, -0.15) is 0 Å². The SMILES string of the molecule is CCCCCCCCCOc1ccc(C(C(=O)C2CCC(CCCCC)CC2=O)C2CCCCC2)cc1. The van der Waals surface area contributed by atoms with E-state index >= 15 is 0 Å². The van der Waals surface area contributed by atoms with Crippen LogP contribution in [0.3, 0.4) is 0 Å². The Hall–Kier alpha value is -1.64. The Morgan fingerprint density at radius 1 is 0.811 bits per heavy atom. The molecule has 37 heavy (non-hydrogen) atoms. The molecule has 0 heterocycles. The summed E-state index contributed by atoms with van der Waals surface area (Å²) in [6.07, 6.45) is 22.1. The minimum absolute atomic E-state index is 0.136. The largest absolute Gasteiger partial charge is 0.494 e. The van der Waals surface area contributed by atoms with Gasteiger partial charge in [-0.1, -0.05) is 109 Å². The second-order valence-electron chi connectivity index (χ2n) is 12.0. The van der Waals surface area contributed by atoms with Gasteiger partial charge in [0.1, 0.15) is 11.5 Å². The van der Waals surface area contributed by atoms with Crippen LogP contribution < -0.4 is 4.74 Å². The molecule has 1 aromatic carbocycles. The predicted octanol–water partition coefficient (Wildman–Crippen LogP) is 9.61. The first-order chi connectivity index (χ1) is 18.1. The summed E-state index contributed by atoms with van der Waals surface area (Å²) in [6, 6.07) is 8.31. The third kappa shape index (κ3) is 9.88. The van der Waals surface area contributed by atoms with Crippen LogP contribution in [0.4, 0.5) is 0 Å². The normalized spacial score (nSPS) is 21.6. The summed E-state index contributed by atoms with van der Waals surface area (Å²) in [7, 11) is 0. The van der Waals surface area contributed by atoms with E-state index in [-0.39, 0.29) is 23.4 Å². The van der Waals surface area contributed by atoms with Gasteiger partial charge in [0, 0.05) is 12.3 Å². The maximum absolute atomic E-state index is 13.9. The van der Waals surface area contributed by atoms with E-state index in [2.05, 4.69) is 26.0 Å². The van der Waals surface area contributed by atoms with Crippen LogP contribution in [0.15, 0.2) is 24.3 Å². The number of Topliss-reactive ketones (excluding diaryl/α,β-unsaturated/α-hetero) is 2. The molecule has 0 aliphatic heterocycles. The van der Waals surface area contributed by atoms with Gasteiger partial charge in [0.05, 0.1) is 12.5 Å². The molecule has 3 nitrogen and oxygen atoms in total. The molecule has 0 amide bonds. The molecule has 2 saturated carbocycles. The summed E-state index contributed by atoms with van der Waals surface area (Å²) in [6.45, 7) is 5.24. The van der Waals surface area contributed by atoms with E-state index in [9.17, 15) is 9.59 Å². The van der Waals surface area contributed by atoms with Crippen LogP contribution in [0, 0.1) is 17.8 Å². The number of hydrogen-bond donors (Lipinski definition) is 0. The molecular formula is C34H54O3. The topological polar surface area (TPSA) is 43.4 Å². The summed E-state index contributed by atoms with van der Waals surface area (Å²) in [5.41, 5.74) is 1.10. The van der Waals surface area contributed by atoms with Gasteiger partial charge in [0.25, 0.3) is 0 Å². The fraction of sp³-hybridized carbons (Fsp3) is 0.765. The fourth-order valence-corrected chi connectivity index (χ4v) is 6.70. The second-order valence-corrected chi connectivity index (χ2v) is 12.0. The molecule has 1 aromatic rings. The average Bonchev–Trinajstić information content (AvgIpc) is 2.92. The van der Waals surface area contributed by atoms with Crippen LogP contribution in [0.5, 0.6) is 5.75 Å². The lowest BCUT2D eigenvalue weighted by atomic mass is 9.68. The lowest BCUT2D eigenvalue weighted by Crippen LogP contribution is -2.36. The Kier molecular flexibility index (Phi) is 13.8. The third-order valence-corrected chi connectivity index (χ3v) is 8.99. The number of ether oxygens (including phenoxy) is 1. The van der Waals surface area contributed by atoms with E-state index in [0.717, 1.165) is 56.4 Å². The highest BCUT2D eigenvalue weighted by atomic mass is 16.5. The van der Waals surface area contributed by atoms with Crippen molar-refractivity contribution in [1.29, 1.82) is 0 Å². The number of ketones is 2. The molecule has 0 saturated heterocycles. The Bertz CT molecular complexity index is 777. The van der Waals surface area contributed by atoms with Gasteiger partial charge in [-0.3, -0.25) is 9.59 Å². The van der Waals surface area contributed by atoms with Crippen molar-refractivity contribution in [1.82, 2.24) is 0 Å². The monoisotopic (exact) mass is 510 g/mol.